The van der Waals surface area contributed by atoms with Crippen LogP contribution in [0.2, 0.25) is 0 Å². The fraction of sp³-hybridized carbons (Fsp3) is 0.947. The van der Waals surface area contributed by atoms with Crippen LogP contribution in [0.1, 0.15) is 33.6 Å². The zero-order chi connectivity index (χ0) is 19.0. The Morgan fingerprint density at radius 3 is 2.48 bits per heavy atom. The minimum absolute atomic E-state index is 0. The Morgan fingerprint density at radius 1 is 1.11 bits per heavy atom. The van der Waals surface area contributed by atoms with Gasteiger partial charge < -0.3 is 24.8 Å². The summed E-state index contributed by atoms with van der Waals surface area (Å²) < 4.78 is 15.9. The molecular weight excluding hydrogens is 459 g/mol. The molecule has 1 aliphatic rings. The van der Waals surface area contributed by atoms with Crippen LogP contribution in [0, 0.1) is 5.92 Å². The van der Waals surface area contributed by atoms with Crippen molar-refractivity contribution in [1.82, 2.24) is 15.5 Å². The molecule has 0 amide bonds. The number of aliphatic imine (C=N–C) groups is 1. The minimum Gasteiger partial charge on any atom is -0.382 e. The van der Waals surface area contributed by atoms with Crippen molar-refractivity contribution < 1.29 is 14.2 Å². The number of hydrogen-bond acceptors (Lipinski definition) is 5. The number of morpholine rings is 1. The Bertz CT molecular complexity index is 367. The summed E-state index contributed by atoms with van der Waals surface area (Å²) in [6, 6.07) is 0.462. The lowest BCUT2D eigenvalue weighted by Gasteiger charge is -2.36. The van der Waals surface area contributed by atoms with Gasteiger partial charge in [0.25, 0.3) is 0 Å². The van der Waals surface area contributed by atoms with Crippen molar-refractivity contribution in [3.05, 3.63) is 0 Å². The average molecular weight is 500 g/mol. The van der Waals surface area contributed by atoms with Crippen LogP contribution < -0.4 is 10.6 Å². The maximum atomic E-state index is 5.49. The van der Waals surface area contributed by atoms with Gasteiger partial charge in [-0.2, -0.15) is 0 Å². The molecule has 1 atom stereocenters. The SMILES string of the molecule is CCNC(=NCC(C(C)C)N1CCOCC1)NCCCCOCCOC.I. The van der Waals surface area contributed by atoms with E-state index in [0.29, 0.717) is 25.2 Å². The van der Waals surface area contributed by atoms with E-state index in [-0.39, 0.29) is 24.0 Å². The van der Waals surface area contributed by atoms with E-state index in [9.17, 15) is 0 Å². The summed E-state index contributed by atoms with van der Waals surface area (Å²) in [7, 11) is 1.69. The van der Waals surface area contributed by atoms with Crippen LogP contribution in [-0.4, -0.2) is 89.8 Å². The minimum atomic E-state index is 0. The summed E-state index contributed by atoms with van der Waals surface area (Å²) >= 11 is 0. The Kier molecular flexibility index (Phi) is 17.8. The van der Waals surface area contributed by atoms with E-state index in [2.05, 4.69) is 36.3 Å². The van der Waals surface area contributed by atoms with Gasteiger partial charge >= 0.3 is 0 Å². The standard InChI is InChI=1S/C19H40N4O3.HI/c1-5-20-19(21-8-6-7-11-25-15-14-24-4)22-16-18(17(2)3)23-9-12-26-13-10-23;/h17-18H,5-16H2,1-4H3,(H2,20,21,22);1H. The lowest BCUT2D eigenvalue weighted by atomic mass is 10.0. The summed E-state index contributed by atoms with van der Waals surface area (Å²) in [5.41, 5.74) is 0. The first-order chi connectivity index (χ1) is 12.7. The molecule has 0 aliphatic carbocycles. The van der Waals surface area contributed by atoms with Crippen molar-refractivity contribution in [2.24, 2.45) is 10.9 Å². The first-order valence-corrected chi connectivity index (χ1v) is 10.1. The Labute approximate surface area is 183 Å². The lowest BCUT2D eigenvalue weighted by molar-refractivity contribution is 0.00867. The molecular formula is C19H41IN4O3. The fourth-order valence-corrected chi connectivity index (χ4v) is 2.96. The molecule has 8 heteroatoms. The van der Waals surface area contributed by atoms with E-state index in [4.69, 9.17) is 19.2 Å². The van der Waals surface area contributed by atoms with Gasteiger partial charge in [0.15, 0.2) is 5.96 Å². The van der Waals surface area contributed by atoms with E-state index in [1.165, 1.54) is 0 Å². The second kappa shape index (κ2) is 17.9. The van der Waals surface area contributed by atoms with Gasteiger partial charge in [0, 0.05) is 45.9 Å². The zero-order valence-corrected chi connectivity index (χ0v) is 20.0. The van der Waals surface area contributed by atoms with Gasteiger partial charge in [0.05, 0.1) is 33.0 Å². The van der Waals surface area contributed by atoms with Gasteiger partial charge in [-0.1, -0.05) is 13.8 Å². The van der Waals surface area contributed by atoms with Gasteiger partial charge in [-0.15, -0.1) is 24.0 Å². The first-order valence-electron chi connectivity index (χ1n) is 10.1. The third kappa shape index (κ3) is 12.8. The molecule has 1 unspecified atom stereocenters. The molecule has 1 rings (SSSR count). The molecule has 0 spiro atoms. The molecule has 0 radical (unpaired) electrons. The number of methoxy groups -OCH3 is 1. The maximum Gasteiger partial charge on any atom is 0.191 e. The topological polar surface area (TPSA) is 67.4 Å². The molecule has 0 aromatic rings. The number of rotatable bonds is 13. The molecule has 0 saturated carbocycles. The quantitative estimate of drug-likeness (QED) is 0.175. The molecule has 1 aliphatic heterocycles. The number of ether oxygens (including phenoxy) is 3. The third-order valence-corrected chi connectivity index (χ3v) is 4.50. The van der Waals surface area contributed by atoms with Crippen molar-refractivity contribution in [3.8, 4) is 0 Å². The van der Waals surface area contributed by atoms with Crippen LogP contribution >= 0.6 is 24.0 Å². The van der Waals surface area contributed by atoms with Crippen molar-refractivity contribution in [3.63, 3.8) is 0 Å². The van der Waals surface area contributed by atoms with Gasteiger partial charge in [-0.25, -0.2) is 0 Å². The molecule has 27 heavy (non-hydrogen) atoms. The van der Waals surface area contributed by atoms with Crippen LogP contribution in [0.25, 0.3) is 0 Å². The second-order valence-electron chi connectivity index (χ2n) is 6.92. The monoisotopic (exact) mass is 500 g/mol. The molecule has 1 saturated heterocycles. The molecule has 7 nitrogen and oxygen atoms in total. The summed E-state index contributed by atoms with van der Waals surface area (Å²) in [6.45, 7) is 15.0. The van der Waals surface area contributed by atoms with E-state index in [0.717, 1.165) is 71.3 Å². The van der Waals surface area contributed by atoms with E-state index in [1.54, 1.807) is 7.11 Å². The number of nitrogens with zero attached hydrogens (tertiary/aromatic N) is 2. The largest absolute Gasteiger partial charge is 0.382 e. The van der Waals surface area contributed by atoms with Gasteiger partial charge in [-0.3, -0.25) is 9.89 Å². The van der Waals surface area contributed by atoms with Gasteiger partial charge in [0.1, 0.15) is 0 Å². The molecule has 2 N–H and O–H groups in total. The number of halogens is 1. The molecule has 1 fully saturated rings. The highest BCUT2D eigenvalue weighted by atomic mass is 127. The van der Waals surface area contributed by atoms with Gasteiger partial charge in [0.2, 0.25) is 0 Å². The second-order valence-corrected chi connectivity index (χ2v) is 6.92. The van der Waals surface area contributed by atoms with Crippen LogP contribution in [-0.2, 0) is 14.2 Å². The number of hydrogen-bond donors (Lipinski definition) is 2. The molecule has 0 aromatic heterocycles. The van der Waals surface area contributed by atoms with Crippen molar-refractivity contribution >= 4 is 29.9 Å². The summed E-state index contributed by atoms with van der Waals surface area (Å²) in [6.07, 6.45) is 2.10. The average Bonchev–Trinajstić information content (AvgIpc) is 2.64. The Balaban J connectivity index is 0.00000676. The summed E-state index contributed by atoms with van der Waals surface area (Å²) in [5, 5.41) is 6.78. The number of unbranched alkanes of at least 4 members (excludes halogenated alkanes) is 1. The van der Waals surface area contributed by atoms with Crippen LogP contribution in [0.15, 0.2) is 4.99 Å². The molecule has 0 aromatic carbocycles. The summed E-state index contributed by atoms with van der Waals surface area (Å²) in [5.74, 6) is 1.48. The Hall–Kier alpha value is -0.160. The summed E-state index contributed by atoms with van der Waals surface area (Å²) in [4.78, 5) is 7.35. The van der Waals surface area contributed by atoms with Crippen molar-refractivity contribution in [2.75, 3.05) is 72.9 Å². The predicted molar refractivity (Wildman–Crippen MR) is 122 cm³/mol. The maximum absolute atomic E-state index is 5.49. The molecule has 1 heterocycles. The van der Waals surface area contributed by atoms with E-state index >= 15 is 0 Å². The number of nitrogens with one attached hydrogen (secondary N) is 2. The highest BCUT2D eigenvalue weighted by Gasteiger charge is 2.23. The number of guanidine groups is 1. The smallest absolute Gasteiger partial charge is 0.191 e. The van der Waals surface area contributed by atoms with Crippen LogP contribution in [0.3, 0.4) is 0 Å². The predicted octanol–water partition coefficient (Wildman–Crippen LogP) is 1.96. The molecule has 162 valence electrons. The van der Waals surface area contributed by atoms with Crippen molar-refractivity contribution in [2.45, 2.75) is 39.7 Å². The third-order valence-electron chi connectivity index (χ3n) is 4.50. The molecule has 0 bridgehead atoms. The van der Waals surface area contributed by atoms with E-state index < -0.39 is 0 Å². The van der Waals surface area contributed by atoms with Gasteiger partial charge in [-0.05, 0) is 25.7 Å². The highest BCUT2D eigenvalue weighted by molar-refractivity contribution is 14.0. The fourth-order valence-electron chi connectivity index (χ4n) is 2.96. The first kappa shape index (κ1) is 26.8. The van der Waals surface area contributed by atoms with E-state index in [1.807, 2.05) is 0 Å². The highest BCUT2D eigenvalue weighted by Crippen LogP contribution is 2.13. The van der Waals surface area contributed by atoms with Crippen LogP contribution in [0.5, 0.6) is 0 Å². The zero-order valence-electron chi connectivity index (χ0n) is 17.7. The van der Waals surface area contributed by atoms with Crippen molar-refractivity contribution in [1.29, 1.82) is 0 Å². The van der Waals surface area contributed by atoms with Crippen LogP contribution in [0.4, 0.5) is 0 Å². The Morgan fingerprint density at radius 2 is 1.85 bits per heavy atom. The normalized spacial score (nSPS) is 16.9. The lowest BCUT2D eigenvalue weighted by Crippen LogP contribution is -2.48.